The van der Waals surface area contributed by atoms with Crippen molar-refractivity contribution in [2.45, 2.75) is 57.1 Å². The molecule has 0 bridgehead atoms. The molecule has 2 aliphatic heterocycles. The standard InChI is InChI=1S/C13H19NO4/c1-8(7-14)5-6-9-10-11(12(15-4)16-9)18-13(2,3)17-10/h9-12H,1,5-6H2,2-4H3/t9-,10-,11-,12-/m1/s1. The fraction of sp³-hybridized carbons (Fsp3) is 0.769. The molecule has 100 valence electrons. The Balaban J connectivity index is 2.00. The summed E-state index contributed by atoms with van der Waals surface area (Å²) < 4.78 is 22.6. The third-order valence-electron chi connectivity index (χ3n) is 3.23. The smallest absolute Gasteiger partial charge is 0.186 e. The molecule has 0 aromatic rings. The summed E-state index contributed by atoms with van der Waals surface area (Å²) in [6, 6.07) is 2.04. The molecular formula is C13H19NO4. The Kier molecular flexibility index (Phi) is 3.74. The molecule has 2 heterocycles. The van der Waals surface area contributed by atoms with E-state index >= 15 is 0 Å². The van der Waals surface area contributed by atoms with Gasteiger partial charge in [0.2, 0.25) is 0 Å². The summed E-state index contributed by atoms with van der Waals surface area (Å²) in [5.74, 6) is -0.611. The van der Waals surface area contributed by atoms with Gasteiger partial charge in [-0.3, -0.25) is 0 Å². The van der Waals surface area contributed by atoms with Crippen molar-refractivity contribution < 1.29 is 18.9 Å². The average molecular weight is 253 g/mol. The molecule has 0 aliphatic carbocycles. The molecule has 0 amide bonds. The van der Waals surface area contributed by atoms with Crippen LogP contribution in [-0.4, -0.2) is 37.5 Å². The highest BCUT2D eigenvalue weighted by Gasteiger charge is 2.55. The molecule has 0 saturated carbocycles. The molecule has 2 saturated heterocycles. The van der Waals surface area contributed by atoms with Crippen LogP contribution in [0.3, 0.4) is 0 Å². The van der Waals surface area contributed by atoms with E-state index < -0.39 is 12.1 Å². The molecule has 0 N–H and O–H groups in total. The molecule has 4 atom stereocenters. The van der Waals surface area contributed by atoms with Crippen LogP contribution in [0.5, 0.6) is 0 Å². The lowest BCUT2D eigenvalue weighted by atomic mass is 10.0. The first-order valence-electron chi connectivity index (χ1n) is 6.08. The van der Waals surface area contributed by atoms with Crippen molar-refractivity contribution in [1.82, 2.24) is 0 Å². The largest absolute Gasteiger partial charge is 0.353 e. The first-order chi connectivity index (χ1) is 8.46. The predicted molar refractivity (Wildman–Crippen MR) is 63.5 cm³/mol. The number of hydrogen-bond acceptors (Lipinski definition) is 5. The van der Waals surface area contributed by atoms with Gasteiger partial charge in [-0.1, -0.05) is 6.58 Å². The SMILES string of the molecule is C=C(C#N)CC[C@H]1O[C@@H](OC)[C@@H]2OC(C)(C)O[C@@H]21. The van der Waals surface area contributed by atoms with Crippen molar-refractivity contribution in [3.8, 4) is 6.07 Å². The van der Waals surface area contributed by atoms with Crippen molar-refractivity contribution in [2.75, 3.05) is 7.11 Å². The zero-order valence-electron chi connectivity index (χ0n) is 11.0. The van der Waals surface area contributed by atoms with Crippen LogP contribution in [0.2, 0.25) is 0 Å². The minimum atomic E-state index is -0.611. The Hall–Kier alpha value is -0.930. The highest BCUT2D eigenvalue weighted by molar-refractivity contribution is 5.15. The summed E-state index contributed by atoms with van der Waals surface area (Å²) >= 11 is 0. The van der Waals surface area contributed by atoms with Gasteiger partial charge in [-0.05, 0) is 26.7 Å². The maximum absolute atomic E-state index is 8.71. The zero-order chi connectivity index (χ0) is 13.3. The maximum atomic E-state index is 8.71. The van der Waals surface area contributed by atoms with Gasteiger partial charge < -0.3 is 18.9 Å². The molecule has 2 rings (SSSR count). The molecule has 5 heteroatoms. The van der Waals surface area contributed by atoms with E-state index in [0.717, 1.165) is 0 Å². The van der Waals surface area contributed by atoms with E-state index in [1.165, 1.54) is 0 Å². The van der Waals surface area contributed by atoms with Crippen LogP contribution in [0.25, 0.3) is 0 Å². The van der Waals surface area contributed by atoms with Gasteiger partial charge in [-0.15, -0.1) is 0 Å². The summed E-state index contributed by atoms with van der Waals surface area (Å²) in [4.78, 5) is 0. The van der Waals surface area contributed by atoms with Gasteiger partial charge in [0.15, 0.2) is 12.1 Å². The molecule has 0 aromatic heterocycles. The van der Waals surface area contributed by atoms with Crippen LogP contribution in [0, 0.1) is 11.3 Å². The lowest BCUT2D eigenvalue weighted by Crippen LogP contribution is -2.30. The van der Waals surface area contributed by atoms with Gasteiger partial charge in [0, 0.05) is 12.7 Å². The molecular weight excluding hydrogens is 234 g/mol. The zero-order valence-corrected chi connectivity index (χ0v) is 11.0. The van der Waals surface area contributed by atoms with Crippen molar-refractivity contribution in [2.24, 2.45) is 0 Å². The monoisotopic (exact) mass is 253 g/mol. The highest BCUT2D eigenvalue weighted by atomic mass is 16.8. The van der Waals surface area contributed by atoms with Gasteiger partial charge in [0.25, 0.3) is 0 Å². The van der Waals surface area contributed by atoms with Gasteiger partial charge in [0.05, 0.1) is 12.2 Å². The molecule has 0 unspecified atom stereocenters. The van der Waals surface area contributed by atoms with Crippen molar-refractivity contribution in [3.05, 3.63) is 12.2 Å². The van der Waals surface area contributed by atoms with Crippen LogP contribution in [0.1, 0.15) is 26.7 Å². The number of rotatable bonds is 4. The molecule has 2 fully saturated rings. The average Bonchev–Trinajstić information content (AvgIpc) is 2.79. The maximum Gasteiger partial charge on any atom is 0.186 e. The first kappa shape index (κ1) is 13.5. The van der Waals surface area contributed by atoms with Crippen molar-refractivity contribution >= 4 is 0 Å². The predicted octanol–water partition coefficient (Wildman–Crippen LogP) is 1.74. The number of hydrogen-bond donors (Lipinski definition) is 0. The lowest BCUT2D eigenvalue weighted by Gasteiger charge is -2.23. The van der Waals surface area contributed by atoms with Gasteiger partial charge in [-0.25, -0.2) is 0 Å². The third kappa shape index (κ3) is 2.57. The van der Waals surface area contributed by atoms with Crippen LogP contribution in [0.15, 0.2) is 12.2 Å². The Labute approximate surface area is 107 Å². The fourth-order valence-electron chi connectivity index (χ4n) is 2.44. The molecule has 0 aromatic carbocycles. The van der Waals surface area contributed by atoms with E-state index in [4.69, 9.17) is 24.2 Å². The quantitative estimate of drug-likeness (QED) is 0.714. The summed E-state index contributed by atoms with van der Waals surface area (Å²) in [6.45, 7) is 7.42. The van der Waals surface area contributed by atoms with Crippen LogP contribution >= 0.6 is 0 Å². The summed E-state index contributed by atoms with van der Waals surface area (Å²) in [5, 5.41) is 8.71. The van der Waals surface area contributed by atoms with Crippen LogP contribution in [-0.2, 0) is 18.9 Å². The second-order valence-corrected chi connectivity index (χ2v) is 5.10. The number of methoxy groups -OCH3 is 1. The normalized spacial score (nSPS) is 37.2. The fourth-order valence-corrected chi connectivity index (χ4v) is 2.44. The minimum Gasteiger partial charge on any atom is -0.353 e. The third-order valence-corrected chi connectivity index (χ3v) is 3.23. The minimum absolute atomic E-state index is 0.119. The van der Waals surface area contributed by atoms with E-state index in [1.807, 2.05) is 19.9 Å². The van der Waals surface area contributed by atoms with Crippen LogP contribution in [0.4, 0.5) is 0 Å². The number of fused-ring (bicyclic) bond motifs is 1. The van der Waals surface area contributed by atoms with Crippen LogP contribution < -0.4 is 0 Å². The summed E-state index contributed by atoms with van der Waals surface area (Å²) in [7, 11) is 1.59. The van der Waals surface area contributed by atoms with E-state index in [0.29, 0.717) is 18.4 Å². The lowest BCUT2D eigenvalue weighted by molar-refractivity contribution is -0.227. The van der Waals surface area contributed by atoms with Crippen molar-refractivity contribution in [3.63, 3.8) is 0 Å². The van der Waals surface area contributed by atoms with Gasteiger partial charge in [0.1, 0.15) is 12.2 Å². The van der Waals surface area contributed by atoms with Gasteiger partial charge in [-0.2, -0.15) is 5.26 Å². The first-order valence-corrected chi connectivity index (χ1v) is 6.08. The Morgan fingerprint density at radius 3 is 2.67 bits per heavy atom. The number of ether oxygens (including phenoxy) is 4. The molecule has 5 nitrogen and oxygen atoms in total. The second kappa shape index (κ2) is 4.98. The second-order valence-electron chi connectivity index (χ2n) is 5.10. The number of allylic oxidation sites excluding steroid dienone is 1. The topological polar surface area (TPSA) is 60.7 Å². The Morgan fingerprint density at radius 2 is 2.06 bits per heavy atom. The molecule has 0 spiro atoms. The highest BCUT2D eigenvalue weighted by Crippen LogP contribution is 2.40. The summed E-state index contributed by atoms with van der Waals surface area (Å²) in [6.07, 6.45) is 0.419. The van der Waals surface area contributed by atoms with E-state index in [2.05, 4.69) is 6.58 Å². The van der Waals surface area contributed by atoms with E-state index in [9.17, 15) is 0 Å². The molecule has 18 heavy (non-hydrogen) atoms. The van der Waals surface area contributed by atoms with Gasteiger partial charge >= 0.3 is 0 Å². The number of nitrogens with zero attached hydrogens (tertiary/aromatic N) is 1. The molecule has 0 radical (unpaired) electrons. The Morgan fingerprint density at radius 1 is 1.39 bits per heavy atom. The number of nitriles is 1. The Bertz CT molecular complexity index is 374. The van der Waals surface area contributed by atoms with E-state index in [-0.39, 0.29) is 18.3 Å². The van der Waals surface area contributed by atoms with E-state index in [1.54, 1.807) is 7.11 Å². The molecule has 2 aliphatic rings. The van der Waals surface area contributed by atoms with Crippen molar-refractivity contribution in [1.29, 1.82) is 5.26 Å². The summed E-state index contributed by atoms with van der Waals surface area (Å²) in [5.41, 5.74) is 0.550.